The second kappa shape index (κ2) is 5.65. The van der Waals surface area contributed by atoms with E-state index in [9.17, 15) is 8.78 Å². The van der Waals surface area contributed by atoms with Crippen LogP contribution in [0.3, 0.4) is 0 Å². The van der Waals surface area contributed by atoms with Crippen LogP contribution in [0, 0.1) is 17.0 Å². The van der Waals surface area contributed by atoms with Crippen LogP contribution in [0.15, 0.2) is 28.7 Å². The van der Waals surface area contributed by atoms with Crippen molar-refractivity contribution in [1.82, 2.24) is 20.4 Å². The Morgan fingerprint density at radius 2 is 1.86 bits per heavy atom. The Bertz CT molecular complexity index is 1070. The van der Waals surface area contributed by atoms with Crippen LogP contribution in [0.2, 0.25) is 0 Å². The third kappa shape index (κ3) is 1.99. The van der Waals surface area contributed by atoms with Crippen molar-refractivity contribution in [3.05, 3.63) is 58.9 Å². The summed E-state index contributed by atoms with van der Waals surface area (Å²) in [7, 11) is 0. The van der Waals surface area contributed by atoms with Crippen molar-refractivity contribution in [1.29, 1.82) is 0 Å². The van der Waals surface area contributed by atoms with Crippen LogP contribution >= 0.6 is 0 Å². The molecule has 5 rings (SSSR count). The van der Waals surface area contributed by atoms with E-state index in [1.165, 1.54) is 18.2 Å². The summed E-state index contributed by atoms with van der Waals surface area (Å²) in [6, 6.07) is 5.59. The van der Waals surface area contributed by atoms with Crippen LogP contribution in [-0.2, 0) is 11.8 Å². The third-order valence-electron chi connectivity index (χ3n) is 6.74. The van der Waals surface area contributed by atoms with Crippen molar-refractivity contribution >= 4 is 0 Å². The van der Waals surface area contributed by atoms with E-state index in [2.05, 4.69) is 34.2 Å². The fourth-order valence-electron chi connectivity index (χ4n) is 5.23. The molecule has 0 unspecified atom stereocenters. The van der Waals surface area contributed by atoms with Gasteiger partial charge in [0.25, 0.3) is 0 Å². The third-order valence-corrected chi connectivity index (χ3v) is 6.74. The summed E-state index contributed by atoms with van der Waals surface area (Å²) in [5, 5.41) is 17.2. The van der Waals surface area contributed by atoms with Gasteiger partial charge in [-0.2, -0.15) is 5.10 Å². The highest BCUT2D eigenvalue weighted by molar-refractivity contribution is 5.63. The van der Waals surface area contributed by atoms with E-state index in [1.54, 1.807) is 6.07 Å². The first kappa shape index (κ1) is 17.4. The number of halogens is 2. The van der Waals surface area contributed by atoms with Crippen molar-refractivity contribution in [2.75, 3.05) is 0 Å². The SMILES string of the molecule is CCc1nnc([C@@]23CC[C@@H](c4cc(-c5c(F)cccc5F)nnc42)C3(C)C)o1. The smallest absolute Gasteiger partial charge is 0.229 e. The van der Waals surface area contributed by atoms with E-state index >= 15 is 0 Å². The Labute approximate surface area is 161 Å². The maximum Gasteiger partial charge on any atom is 0.229 e. The molecule has 0 spiro atoms. The van der Waals surface area contributed by atoms with Crippen molar-refractivity contribution < 1.29 is 13.2 Å². The normalized spacial score (nSPS) is 24.5. The van der Waals surface area contributed by atoms with Crippen LogP contribution in [0.4, 0.5) is 8.78 Å². The fraction of sp³-hybridized carbons (Fsp3) is 0.429. The Kier molecular flexibility index (Phi) is 3.51. The van der Waals surface area contributed by atoms with E-state index in [0.29, 0.717) is 18.2 Å². The number of hydrogen-bond acceptors (Lipinski definition) is 5. The van der Waals surface area contributed by atoms with Gasteiger partial charge in [-0.05, 0) is 47.9 Å². The first-order valence-corrected chi connectivity index (χ1v) is 9.55. The number of aromatic nitrogens is 4. The average molecular weight is 382 g/mol. The summed E-state index contributed by atoms with van der Waals surface area (Å²) in [5.41, 5.74) is 1.10. The van der Waals surface area contributed by atoms with Gasteiger partial charge in [0.05, 0.1) is 22.4 Å². The van der Waals surface area contributed by atoms with Gasteiger partial charge in [0, 0.05) is 6.42 Å². The molecule has 1 aromatic carbocycles. The van der Waals surface area contributed by atoms with Crippen molar-refractivity contribution in [3.8, 4) is 11.3 Å². The van der Waals surface area contributed by atoms with Crippen molar-refractivity contribution in [2.24, 2.45) is 5.41 Å². The topological polar surface area (TPSA) is 64.7 Å². The first-order valence-electron chi connectivity index (χ1n) is 9.55. The lowest BCUT2D eigenvalue weighted by atomic mass is 9.68. The van der Waals surface area contributed by atoms with Gasteiger partial charge in [-0.1, -0.05) is 26.8 Å². The standard InChI is InChI=1S/C21H20F2N4O/c1-4-16-25-27-19(28-16)21-9-8-12(20(21,2)3)11-10-15(24-26-18(11)21)17-13(22)6-5-7-14(17)23/h5-7,10,12H,4,8-9H2,1-3H3/t12-,21+/m0/s1. The molecule has 0 saturated heterocycles. The van der Waals surface area contributed by atoms with Crippen LogP contribution < -0.4 is 0 Å². The zero-order valence-corrected chi connectivity index (χ0v) is 16.0. The Morgan fingerprint density at radius 3 is 2.54 bits per heavy atom. The first-order chi connectivity index (χ1) is 13.4. The van der Waals surface area contributed by atoms with Gasteiger partial charge in [-0.3, -0.25) is 0 Å². The lowest BCUT2D eigenvalue weighted by Crippen LogP contribution is -2.37. The molecule has 2 atom stereocenters. The number of nitrogens with zero attached hydrogens (tertiary/aromatic N) is 4. The van der Waals surface area contributed by atoms with Gasteiger partial charge in [-0.25, -0.2) is 8.78 Å². The molecule has 0 radical (unpaired) electrons. The number of fused-ring (bicyclic) bond motifs is 5. The number of aryl methyl sites for hydroxylation is 1. The maximum absolute atomic E-state index is 14.3. The molecule has 28 heavy (non-hydrogen) atoms. The Balaban J connectivity index is 1.71. The molecule has 2 aliphatic carbocycles. The highest BCUT2D eigenvalue weighted by Gasteiger charge is 2.67. The quantitative estimate of drug-likeness (QED) is 0.664. The van der Waals surface area contributed by atoms with Crippen molar-refractivity contribution in [3.63, 3.8) is 0 Å². The Morgan fingerprint density at radius 1 is 1.11 bits per heavy atom. The molecule has 2 aromatic heterocycles. The molecule has 1 fully saturated rings. The van der Waals surface area contributed by atoms with Gasteiger partial charge in [-0.15, -0.1) is 15.3 Å². The molecule has 0 aliphatic heterocycles. The van der Waals surface area contributed by atoms with Gasteiger partial charge in [0.15, 0.2) is 0 Å². The highest BCUT2D eigenvalue weighted by atomic mass is 19.1. The zero-order chi connectivity index (χ0) is 19.7. The maximum atomic E-state index is 14.3. The molecular formula is C21H20F2N4O. The van der Waals surface area contributed by atoms with E-state index in [0.717, 1.165) is 24.1 Å². The van der Waals surface area contributed by atoms with Crippen LogP contribution in [-0.4, -0.2) is 20.4 Å². The summed E-state index contributed by atoms with van der Waals surface area (Å²) in [6.45, 7) is 6.31. The second-order valence-corrected chi connectivity index (χ2v) is 8.20. The lowest BCUT2D eigenvalue weighted by molar-refractivity contribution is 0.203. The number of hydrogen-bond donors (Lipinski definition) is 0. The molecule has 1 saturated carbocycles. The molecule has 2 bridgehead atoms. The molecule has 0 N–H and O–H groups in total. The Hall–Kier alpha value is -2.70. The molecule has 144 valence electrons. The van der Waals surface area contributed by atoms with E-state index in [1.807, 2.05) is 6.92 Å². The highest BCUT2D eigenvalue weighted by Crippen LogP contribution is 2.69. The minimum Gasteiger partial charge on any atom is -0.424 e. The molecular weight excluding hydrogens is 362 g/mol. The van der Waals surface area contributed by atoms with E-state index < -0.39 is 17.0 Å². The van der Waals surface area contributed by atoms with Gasteiger partial charge < -0.3 is 4.42 Å². The van der Waals surface area contributed by atoms with Crippen LogP contribution in [0.25, 0.3) is 11.3 Å². The van der Waals surface area contributed by atoms with E-state index in [-0.39, 0.29) is 22.6 Å². The van der Waals surface area contributed by atoms with Gasteiger partial charge in [0.1, 0.15) is 11.6 Å². The van der Waals surface area contributed by atoms with Crippen LogP contribution in [0.1, 0.15) is 62.6 Å². The number of benzene rings is 1. The molecule has 7 heteroatoms. The van der Waals surface area contributed by atoms with Crippen molar-refractivity contribution in [2.45, 2.75) is 51.4 Å². The molecule has 5 nitrogen and oxygen atoms in total. The fourth-order valence-corrected chi connectivity index (χ4v) is 5.23. The summed E-state index contributed by atoms with van der Waals surface area (Å²) >= 11 is 0. The minimum absolute atomic E-state index is 0.140. The average Bonchev–Trinajstić information content (AvgIpc) is 3.30. The molecule has 2 heterocycles. The summed E-state index contributed by atoms with van der Waals surface area (Å²) in [4.78, 5) is 0. The molecule has 2 aliphatic rings. The second-order valence-electron chi connectivity index (χ2n) is 8.20. The summed E-state index contributed by atoms with van der Waals surface area (Å²) in [5.74, 6) is 0.0557. The predicted molar refractivity (Wildman–Crippen MR) is 97.6 cm³/mol. The largest absolute Gasteiger partial charge is 0.424 e. The van der Waals surface area contributed by atoms with Gasteiger partial charge >= 0.3 is 0 Å². The van der Waals surface area contributed by atoms with E-state index in [4.69, 9.17) is 4.42 Å². The summed E-state index contributed by atoms with van der Waals surface area (Å²) < 4.78 is 34.5. The molecule has 3 aromatic rings. The van der Waals surface area contributed by atoms with Crippen LogP contribution in [0.5, 0.6) is 0 Å². The lowest BCUT2D eigenvalue weighted by Gasteiger charge is -2.34. The summed E-state index contributed by atoms with van der Waals surface area (Å²) in [6.07, 6.45) is 2.43. The van der Waals surface area contributed by atoms with Gasteiger partial charge in [0.2, 0.25) is 11.8 Å². The number of rotatable bonds is 3. The minimum atomic E-state index is -0.643. The zero-order valence-electron chi connectivity index (χ0n) is 16.0. The predicted octanol–water partition coefficient (Wildman–Crippen LogP) is 4.57. The monoisotopic (exact) mass is 382 g/mol. The molecule has 0 amide bonds.